The van der Waals surface area contributed by atoms with E-state index in [2.05, 4.69) is 5.32 Å². The van der Waals surface area contributed by atoms with Gasteiger partial charge in [0.15, 0.2) is 0 Å². The predicted octanol–water partition coefficient (Wildman–Crippen LogP) is 2.09. The zero-order valence-electron chi connectivity index (χ0n) is 9.65. The van der Waals surface area contributed by atoms with Crippen molar-refractivity contribution in [2.75, 3.05) is 11.9 Å². The summed E-state index contributed by atoms with van der Waals surface area (Å²) in [7, 11) is 0. The van der Waals surface area contributed by atoms with E-state index in [0.717, 1.165) is 5.56 Å². The maximum absolute atomic E-state index is 10.8. The molecule has 0 amide bonds. The molecular formula is C11H16N2O3. The van der Waals surface area contributed by atoms with Crippen molar-refractivity contribution in [3.05, 3.63) is 33.9 Å². The summed E-state index contributed by atoms with van der Waals surface area (Å²) in [6.07, 6.45) is 0. The van der Waals surface area contributed by atoms with Crippen LogP contribution in [0.3, 0.4) is 0 Å². The number of nitrogens with zero attached hydrogens (tertiary/aromatic N) is 1. The maximum Gasteiger partial charge on any atom is 0.292 e. The molecular weight excluding hydrogens is 208 g/mol. The van der Waals surface area contributed by atoms with E-state index in [9.17, 15) is 10.1 Å². The minimum Gasteiger partial charge on any atom is -0.394 e. The first-order chi connectivity index (χ1) is 7.35. The fourth-order valence-corrected chi connectivity index (χ4v) is 1.31. The van der Waals surface area contributed by atoms with Gasteiger partial charge in [-0.2, -0.15) is 0 Å². The molecule has 16 heavy (non-hydrogen) atoms. The van der Waals surface area contributed by atoms with E-state index in [1.54, 1.807) is 26.0 Å². The molecule has 88 valence electrons. The molecule has 0 aliphatic carbocycles. The Hall–Kier alpha value is -1.62. The van der Waals surface area contributed by atoms with E-state index in [1.165, 1.54) is 6.07 Å². The molecule has 5 nitrogen and oxygen atoms in total. The van der Waals surface area contributed by atoms with Gasteiger partial charge in [-0.05, 0) is 32.4 Å². The summed E-state index contributed by atoms with van der Waals surface area (Å²) in [5.74, 6) is 0. The van der Waals surface area contributed by atoms with Gasteiger partial charge in [-0.3, -0.25) is 10.1 Å². The van der Waals surface area contributed by atoms with Gasteiger partial charge in [-0.1, -0.05) is 6.07 Å². The van der Waals surface area contributed by atoms with Crippen molar-refractivity contribution >= 4 is 11.4 Å². The third-order valence-corrected chi connectivity index (χ3v) is 2.22. The molecule has 0 atom stereocenters. The molecule has 0 radical (unpaired) electrons. The zero-order valence-corrected chi connectivity index (χ0v) is 9.65. The van der Waals surface area contributed by atoms with Crippen LogP contribution >= 0.6 is 0 Å². The molecule has 0 saturated heterocycles. The van der Waals surface area contributed by atoms with E-state index >= 15 is 0 Å². The molecule has 1 aromatic rings. The highest BCUT2D eigenvalue weighted by Crippen LogP contribution is 2.27. The molecule has 5 heteroatoms. The number of benzene rings is 1. The highest BCUT2D eigenvalue weighted by Gasteiger charge is 2.21. The second kappa shape index (κ2) is 4.49. The van der Waals surface area contributed by atoms with Crippen molar-refractivity contribution in [1.82, 2.24) is 0 Å². The summed E-state index contributed by atoms with van der Waals surface area (Å²) < 4.78 is 0. The van der Waals surface area contributed by atoms with Crippen LogP contribution in [-0.2, 0) is 0 Å². The third-order valence-electron chi connectivity index (χ3n) is 2.22. The standard InChI is InChI=1S/C11H16N2O3/c1-8-4-5-10(13(15)16)9(6-8)12-11(2,3)7-14/h4-6,12,14H,7H2,1-3H3. The number of nitro groups is 1. The minimum absolute atomic E-state index is 0.0205. The largest absolute Gasteiger partial charge is 0.394 e. The Morgan fingerprint density at radius 1 is 1.50 bits per heavy atom. The quantitative estimate of drug-likeness (QED) is 0.606. The van der Waals surface area contributed by atoms with Crippen LogP contribution < -0.4 is 5.32 Å². The number of nitrogens with one attached hydrogen (secondary N) is 1. The molecule has 0 spiro atoms. The number of anilines is 1. The molecule has 0 saturated carbocycles. The monoisotopic (exact) mass is 224 g/mol. The Morgan fingerprint density at radius 3 is 2.62 bits per heavy atom. The summed E-state index contributed by atoms with van der Waals surface area (Å²) in [6, 6.07) is 4.86. The van der Waals surface area contributed by atoms with Crippen molar-refractivity contribution in [1.29, 1.82) is 0 Å². The Kier molecular flexibility index (Phi) is 3.49. The van der Waals surface area contributed by atoms with Crippen molar-refractivity contribution < 1.29 is 10.0 Å². The van der Waals surface area contributed by atoms with E-state index in [0.29, 0.717) is 5.69 Å². The fraction of sp³-hybridized carbons (Fsp3) is 0.455. The van der Waals surface area contributed by atoms with Crippen LogP contribution in [0.2, 0.25) is 0 Å². The number of nitro benzene ring substituents is 1. The Bertz CT molecular complexity index is 402. The second-order valence-corrected chi connectivity index (χ2v) is 4.44. The van der Waals surface area contributed by atoms with Crippen LogP contribution in [-0.4, -0.2) is 22.2 Å². The molecule has 1 rings (SSSR count). The highest BCUT2D eigenvalue weighted by molar-refractivity contribution is 5.63. The maximum atomic E-state index is 10.8. The van der Waals surface area contributed by atoms with E-state index < -0.39 is 10.5 Å². The lowest BCUT2D eigenvalue weighted by atomic mass is 10.1. The van der Waals surface area contributed by atoms with E-state index in [-0.39, 0.29) is 12.3 Å². The average molecular weight is 224 g/mol. The van der Waals surface area contributed by atoms with Crippen LogP contribution in [0, 0.1) is 17.0 Å². The highest BCUT2D eigenvalue weighted by atomic mass is 16.6. The molecule has 0 aliphatic rings. The van der Waals surface area contributed by atoms with E-state index in [4.69, 9.17) is 5.11 Å². The first-order valence-electron chi connectivity index (χ1n) is 5.00. The number of aryl methyl sites for hydroxylation is 1. The zero-order chi connectivity index (χ0) is 12.3. The van der Waals surface area contributed by atoms with Crippen LogP contribution in [0.25, 0.3) is 0 Å². The molecule has 0 bridgehead atoms. The first-order valence-corrected chi connectivity index (χ1v) is 5.00. The van der Waals surface area contributed by atoms with Gasteiger partial charge in [-0.25, -0.2) is 0 Å². The molecule has 0 unspecified atom stereocenters. The Morgan fingerprint density at radius 2 is 2.12 bits per heavy atom. The number of aliphatic hydroxyl groups is 1. The minimum atomic E-state index is -0.585. The first kappa shape index (κ1) is 12.4. The summed E-state index contributed by atoms with van der Waals surface area (Å²) in [5.41, 5.74) is 0.802. The number of hydrogen-bond donors (Lipinski definition) is 2. The summed E-state index contributed by atoms with van der Waals surface area (Å²) in [5, 5.41) is 22.9. The van der Waals surface area contributed by atoms with E-state index in [1.807, 2.05) is 6.92 Å². The molecule has 0 aromatic heterocycles. The number of hydrogen-bond acceptors (Lipinski definition) is 4. The van der Waals surface area contributed by atoms with Gasteiger partial charge in [0.1, 0.15) is 5.69 Å². The molecule has 1 aromatic carbocycles. The summed E-state index contributed by atoms with van der Waals surface area (Å²) >= 11 is 0. The Balaban J connectivity index is 3.10. The lowest BCUT2D eigenvalue weighted by molar-refractivity contribution is -0.384. The topological polar surface area (TPSA) is 75.4 Å². The lowest BCUT2D eigenvalue weighted by Gasteiger charge is -2.24. The molecule has 2 N–H and O–H groups in total. The van der Waals surface area contributed by atoms with Gasteiger partial charge in [0.2, 0.25) is 0 Å². The van der Waals surface area contributed by atoms with Gasteiger partial charge in [0, 0.05) is 6.07 Å². The lowest BCUT2D eigenvalue weighted by Crippen LogP contribution is -2.35. The number of aliphatic hydroxyl groups excluding tert-OH is 1. The summed E-state index contributed by atoms with van der Waals surface area (Å²) in [4.78, 5) is 10.4. The SMILES string of the molecule is Cc1ccc([N+](=O)[O-])c(NC(C)(C)CO)c1. The van der Waals surface area contributed by atoms with Crippen LogP contribution in [0.5, 0.6) is 0 Å². The van der Waals surface area contributed by atoms with Crippen LogP contribution in [0.4, 0.5) is 11.4 Å². The average Bonchev–Trinajstić information content (AvgIpc) is 2.16. The van der Waals surface area contributed by atoms with Crippen molar-refractivity contribution in [2.45, 2.75) is 26.3 Å². The van der Waals surface area contributed by atoms with Crippen LogP contribution in [0.1, 0.15) is 19.4 Å². The van der Waals surface area contributed by atoms with Gasteiger partial charge in [0.25, 0.3) is 5.69 Å². The fourth-order valence-electron chi connectivity index (χ4n) is 1.31. The predicted molar refractivity (Wildman–Crippen MR) is 62.6 cm³/mol. The second-order valence-electron chi connectivity index (χ2n) is 4.44. The molecule has 0 fully saturated rings. The molecule has 0 aliphatic heterocycles. The molecule has 0 heterocycles. The third kappa shape index (κ3) is 2.93. The van der Waals surface area contributed by atoms with Crippen molar-refractivity contribution in [3.8, 4) is 0 Å². The van der Waals surface area contributed by atoms with Gasteiger partial charge >= 0.3 is 0 Å². The van der Waals surface area contributed by atoms with Gasteiger partial charge in [0.05, 0.1) is 17.1 Å². The number of rotatable bonds is 4. The smallest absolute Gasteiger partial charge is 0.292 e. The van der Waals surface area contributed by atoms with Crippen LogP contribution in [0.15, 0.2) is 18.2 Å². The van der Waals surface area contributed by atoms with Gasteiger partial charge in [-0.15, -0.1) is 0 Å². The van der Waals surface area contributed by atoms with Crippen molar-refractivity contribution in [2.24, 2.45) is 0 Å². The summed E-state index contributed by atoms with van der Waals surface area (Å²) in [6.45, 7) is 5.32. The Labute approximate surface area is 94.3 Å². The normalized spacial score (nSPS) is 11.2. The van der Waals surface area contributed by atoms with Crippen molar-refractivity contribution in [3.63, 3.8) is 0 Å². The van der Waals surface area contributed by atoms with Gasteiger partial charge < -0.3 is 10.4 Å².